The molecule has 0 N–H and O–H groups in total. The highest BCUT2D eigenvalue weighted by molar-refractivity contribution is 5.68. The zero-order chi connectivity index (χ0) is 14.6. The Kier molecular flexibility index (Phi) is 5.03. The van der Waals surface area contributed by atoms with Crippen LogP contribution >= 0.6 is 0 Å². The summed E-state index contributed by atoms with van der Waals surface area (Å²) in [6.07, 6.45) is -0.341. The van der Waals surface area contributed by atoms with Crippen molar-refractivity contribution in [2.75, 3.05) is 33.7 Å². The fourth-order valence-electron chi connectivity index (χ4n) is 2.18. The molecule has 19 heavy (non-hydrogen) atoms. The van der Waals surface area contributed by atoms with E-state index in [2.05, 4.69) is 10.0 Å². The van der Waals surface area contributed by atoms with Crippen LogP contribution in [0.3, 0.4) is 0 Å². The minimum atomic E-state index is -0.509. The van der Waals surface area contributed by atoms with Gasteiger partial charge in [0, 0.05) is 24.5 Å². The lowest BCUT2D eigenvalue weighted by Gasteiger charge is -2.24. The lowest BCUT2D eigenvalue weighted by Crippen LogP contribution is -2.36. The standard InChI is InChI=1S/C12H23N5O2/c1-12(2,3)19-11(18)17-7-9(6-16(4)5)10(8-17)14-15-13/h9-10H,6-8H2,1-5H3/t9-,10+/m1/s1. The van der Waals surface area contributed by atoms with Crippen LogP contribution in [0, 0.1) is 5.92 Å². The maximum absolute atomic E-state index is 12.0. The second-order valence-corrected chi connectivity index (χ2v) is 6.18. The quantitative estimate of drug-likeness (QED) is 0.447. The van der Waals surface area contributed by atoms with E-state index < -0.39 is 5.60 Å². The first-order valence-electron chi connectivity index (χ1n) is 6.40. The van der Waals surface area contributed by atoms with Gasteiger partial charge in [0.15, 0.2) is 0 Å². The van der Waals surface area contributed by atoms with Crippen molar-refractivity contribution in [3.8, 4) is 0 Å². The Labute approximate surface area is 114 Å². The van der Waals surface area contributed by atoms with Gasteiger partial charge in [-0.15, -0.1) is 0 Å². The summed E-state index contributed by atoms with van der Waals surface area (Å²) in [5.41, 5.74) is 8.09. The molecule has 0 radical (unpaired) electrons. The third-order valence-electron chi connectivity index (χ3n) is 2.86. The van der Waals surface area contributed by atoms with Crippen LogP contribution in [0.25, 0.3) is 10.4 Å². The highest BCUT2D eigenvalue weighted by Crippen LogP contribution is 2.23. The maximum atomic E-state index is 12.0. The number of carbonyl (C=O) groups excluding carboxylic acids is 1. The second kappa shape index (κ2) is 6.12. The molecule has 108 valence electrons. The van der Waals surface area contributed by atoms with E-state index in [1.54, 1.807) is 4.90 Å². The number of hydrogen-bond donors (Lipinski definition) is 0. The molecule has 1 amide bonds. The van der Waals surface area contributed by atoms with Gasteiger partial charge in [-0.25, -0.2) is 4.79 Å². The van der Waals surface area contributed by atoms with Crippen molar-refractivity contribution in [1.29, 1.82) is 0 Å². The van der Waals surface area contributed by atoms with E-state index in [9.17, 15) is 4.79 Å². The number of rotatable bonds is 3. The average Bonchev–Trinajstić information content (AvgIpc) is 2.59. The molecular formula is C12H23N5O2. The van der Waals surface area contributed by atoms with E-state index in [1.807, 2.05) is 39.8 Å². The molecule has 0 aliphatic carbocycles. The van der Waals surface area contributed by atoms with Gasteiger partial charge >= 0.3 is 6.09 Å². The molecule has 1 saturated heterocycles. The molecular weight excluding hydrogens is 246 g/mol. The van der Waals surface area contributed by atoms with Gasteiger partial charge in [0.2, 0.25) is 0 Å². The fourth-order valence-corrected chi connectivity index (χ4v) is 2.18. The Balaban J connectivity index is 2.69. The highest BCUT2D eigenvalue weighted by Gasteiger charge is 2.36. The van der Waals surface area contributed by atoms with Crippen LogP contribution in [0.1, 0.15) is 20.8 Å². The Bertz CT molecular complexity index is 371. The zero-order valence-electron chi connectivity index (χ0n) is 12.3. The summed E-state index contributed by atoms with van der Waals surface area (Å²) in [6.45, 7) is 7.28. The van der Waals surface area contributed by atoms with Crippen LogP contribution in [0.5, 0.6) is 0 Å². The molecule has 0 aromatic heterocycles. The topological polar surface area (TPSA) is 81.5 Å². The molecule has 1 aliphatic heterocycles. The van der Waals surface area contributed by atoms with Crippen molar-refractivity contribution in [3.05, 3.63) is 10.4 Å². The molecule has 0 aromatic carbocycles. The van der Waals surface area contributed by atoms with Crippen molar-refractivity contribution in [3.63, 3.8) is 0 Å². The maximum Gasteiger partial charge on any atom is 0.410 e. The monoisotopic (exact) mass is 269 g/mol. The largest absolute Gasteiger partial charge is 0.444 e. The van der Waals surface area contributed by atoms with Crippen LogP contribution in [-0.4, -0.2) is 61.3 Å². The molecule has 0 bridgehead atoms. The number of azide groups is 1. The summed E-state index contributed by atoms with van der Waals surface area (Å²) in [5.74, 6) is 0.151. The fraction of sp³-hybridized carbons (Fsp3) is 0.917. The molecule has 1 fully saturated rings. The van der Waals surface area contributed by atoms with Crippen molar-refractivity contribution < 1.29 is 9.53 Å². The summed E-state index contributed by atoms with van der Waals surface area (Å²) in [6, 6.07) is -0.181. The Hall–Kier alpha value is -1.46. The normalized spacial score (nSPS) is 23.4. The minimum Gasteiger partial charge on any atom is -0.444 e. The number of hydrogen-bond acceptors (Lipinski definition) is 4. The first-order chi connectivity index (χ1) is 8.73. The van der Waals surface area contributed by atoms with E-state index in [0.717, 1.165) is 6.54 Å². The number of amides is 1. The van der Waals surface area contributed by atoms with Gasteiger partial charge < -0.3 is 14.5 Å². The number of carbonyl (C=O) groups is 1. The predicted octanol–water partition coefficient (Wildman–Crippen LogP) is 2.09. The van der Waals surface area contributed by atoms with E-state index in [1.165, 1.54) is 0 Å². The number of ether oxygens (including phenoxy) is 1. The van der Waals surface area contributed by atoms with Gasteiger partial charge in [-0.2, -0.15) is 0 Å². The molecule has 0 aromatic rings. The zero-order valence-corrected chi connectivity index (χ0v) is 12.3. The van der Waals surface area contributed by atoms with E-state index in [0.29, 0.717) is 13.1 Å². The van der Waals surface area contributed by atoms with Gasteiger partial charge in [0.1, 0.15) is 5.60 Å². The summed E-state index contributed by atoms with van der Waals surface area (Å²) < 4.78 is 5.34. The number of nitrogens with zero attached hydrogens (tertiary/aromatic N) is 5. The SMILES string of the molecule is CN(C)C[C@@H]1CN(C(=O)OC(C)(C)C)C[C@@H]1N=[N+]=[N-]. The second-order valence-electron chi connectivity index (χ2n) is 6.18. The van der Waals surface area contributed by atoms with Gasteiger partial charge in [-0.05, 0) is 46.3 Å². The van der Waals surface area contributed by atoms with Crippen LogP contribution in [0.4, 0.5) is 4.79 Å². The third kappa shape index (κ3) is 4.96. The molecule has 2 atom stereocenters. The molecule has 7 nitrogen and oxygen atoms in total. The van der Waals surface area contributed by atoms with Crippen LogP contribution in [-0.2, 0) is 4.74 Å². The molecule has 0 unspecified atom stereocenters. The van der Waals surface area contributed by atoms with Gasteiger partial charge in [-0.1, -0.05) is 5.11 Å². The van der Waals surface area contributed by atoms with Crippen LogP contribution in [0.15, 0.2) is 5.11 Å². The summed E-state index contributed by atoms with van der Waals surface area (Å²) in [5, 5.41) is 3.79. The molecule has 0 saturated carbocycles. The van der Waals surface area contributed by atoms with Crippen molar-refractivity contribution in [1.82, 2.24) is 9.80 Å². The van der Waals surface area contributed by atoms with Crippen LogP contribution < -0.4 is 0 Å². The van der Waals surface area contributed by atoms with Crippen molar-refractivity contribution >= 4 is 6.09 Å². The van der Waals surface area contributed by atoms with E-state index >= 15 is 0 Å². The lowest BCUT2D eigenvalue weighted by atomic mass is 10.0. The summed E-state index contributed by atoms with van der Waals surface area (Å²) in [4.78, 5) is 18.5. The minimum absolute atomic E-state index is 0.151. The van der Waals surface area contributed by atoms with Gasteiger partial charge in [0.25, 0.3) is 0 Å². The van der Waals surface area contributed by atoms with Crippen LogP contribution in [0.2, 0.25) is 0 Å². The smallest absolute Gasteiger partial charge is 0.410 e. The Morgan fingerprint density at radius 3 is 2.58 bits per heavy atom. The number of likely N-dealkylation sites (tertiary alicyclic amines) is 1. The first-order valence-corrected chi connectivity index (χ1v) is 6.40. The van der Waals surface area contributed by atoms with Gasteiger partial charge in [-0.3, -0.25) is 0 Å². The molecule has 0 spiro atoms. The molecule has 1 aliphatic rings. The van der Waals surface area contributed by atoms with Crippen molar-refractivity contribution in [2.24, 2.45) is 11.0 Å². The third-order valence-corrected chi connectivity index (χ3v) is 2.86. The average molecular weight is 269 g/mol. The molecule has 1 heterocycles. The summed E-state index contributed by atoms with van der Waals surface area (Å²) in [7, 11) is 3.92. The highest BCUT2D eigenvalue weighted by atomic mass is 16.6. The Morgan fingerprint density at radius 1 is 1.47 bits per heavy atom. The van der Waals surface area contributed by atoms with E-state index in [4.69, 9.17) is 10.3 Å². The molecule has 7 heteroatoms. The predicted molar refractivity (Wildman–Crippen MR) is 72.8 cm³/mol. The molecule has 1 rings (SSSR count). The first kappa shape index (κ1) is 15.6. The van der Waals surface area contributed by atoms with Crippen molar-refractivity contribution in [2.45, 2.75) is 32.4 Å². The van der Waals surface area contributed by atoms with E-state index in [-0.39, 0.29) is 18.1 Å². The Morgan fingerprint density at radius 2 is 2.11 bits per heavy atom. The summed E-state index contributed by atoms with van der Waals surface area (Å²) >= 11 is 0. The lowest BCUT2D eigenvalue weighted by molar-refractivity contribution is 0.0285. The van der Waals surface area contributed by atoms with Gasteiger partial charge in [0.05, 0.1) is 6.04 Å².